The van der Waals surface area contributed by atoms with Crippen LogP contribution in [0.1, 0.15) is 43.9 Å². The second-order valence-electron chi connectivity index (χ2n) is 11.8. The molecule has 3 aromatic carbocycles. The summed E-state index contributed by atoms with van der Waals surface area (Å²) in [6, 6.07) is 16.1. The lowest BCUT2D eigenvalue weighted by Crippen LogP contribution is -2.27. The minimum atomic E-state index is -4.89. The van der Waals surface area contributed by atoms with Gasteiger partial charge in [-0.3, -0.25) is 13.9 Å². The Kier molecular flexibility index (Phi) is 9.35. The van der Waals surface area contributed by atoms with Crippen LogP contribution in [-0.2, 0) is 20.2 Å². The molecule has 0 aliphatic carbocycles. The number of hydrogen-bond donors (Lipinski definition) is 4. The summed E-state index contributed by atoms with van der Waals surface area (Å²) < 4.78 is 65.3. The van der Waals surface area contributed by atoms with Gasteiger partial charge in [0, 0.05) is 41.0 Å². The molecule has 0 bridgehead atoms. The fourth-order valence-electron chi connectivity index (χ4n) is 4.86. The van der Waals surface area contributed by atoms with Crippen molar-refractivity contribution in [3.8, 4) is 11.4 Å². The molecule has 0 fully saturated rings. The van der Waals surface area contributed by atoms with Gasteiger partial charge in [0.15, 0.2) is 5.82 Å². The van der Waals surface area contributed by atoms with Gasteiger partial charge >= 0.3 is 0 Å². The first-order valence-corrected chi connectivity index (χ1v) is 17.5. The molecule has 0 radical (unpaired) electrons. The molecule has 1 amide bonds. The van der Waals surface area contributed by atoms with Crippen molar-refractivity contribution in [3.63, 3.8) is 0 Å². The number of carbonyl (C=O) groups is 1. The summed E-state index contributed by atoms with van der Waals surface area (Å²) in [6.07, 6.45) is 0. The highest BCUT2D eigenvalue weighted by Gasteiger charge is 2.35. The van der Waals surface area contributed by atoms with Gasteiger partial charge in [-0.25, -0.2) is 9.98 Å². The number of aromatic nitrogens is 3. The second kappa shape index (κ2) is 13.0. The average Bonchev–Trinajstić information content (AvgIpc) is 3.59. The van der Waals surface area contributed by atoms with E-state index in [4.69, 9.17) is 9.98 Å². The van der Waals surface area contributed by atoms with Crippen LogP contribution in [-0.4, -0.2) is 82.9 Å². The van der Waals surface area contributed by atoms with E-state index in [0.29, 0.717) is 46.9 Å². The number of nitrogens with zero attached hydrogens (tertiary/aromatic N) is 6. The Bertz CT molecular complexity index is 2100. The Labute approximate surface area is 277 Å². The predicted molar refractivity (Wildman–Crippen MR) is 179 cm³/mol. The Morgan fingerprint density at radius 1 is 0.938 bits per heavy atom. The summed E-state index contributed by atoms with van der Waals surface area (Å²) in [7, 11) is -9.78. The molecule has 17 heteroatoms. The number of benzene rings is 3. The average molecular weight is 696 g/mol. The zero-order chi connectivity index (χ0) is 35.0. The van der Waals surface area contributed by atoms with Crippen LogP contribution in [0.25, 0.3) is 11.4 Å². The number of fused-ring (bicyclic) bond motifs is 1. The fourth-order valence-corrected chi connectivity index (χ4v) is 6.04. The monoisotopic (exact) mass is 695 g/mol. The maximum atomic E-state index is 12.9. The maximum Gasteiger partial charge on any atom is 0.294 e. The molecule has 2 heterocycles. The Hall–Kier alpha value is -4.81. The fraction of sp³-hybridized carbons (Fsp3) is 0.258. The molecule has 4 aromatic rings. The molecular formula is C31H33N7O8S2. The minimum absolute atomic E-state index is 0.0488. The lowest BCUT2D eigenvalue weighted by molar-refractivity contribution is 0.102. The van der Waals surface area contributed by atoms with Crippen LogP contribution in [0, 0.1) is 5.41 Å². The molecule has 1 aliphatic heterocycles. The van der Waals surface area contributed by atoms with Gasteiger partial charge in [0.25, 0.3) is 26.1 Å². The maximum absolute atomic E-state index is 12.9. The molecule has 252 valence electrons. The number of likely N-dealkylation sites (N-methyl/N-ethyl adjacent to an activating group) is 1. The zero-order valence-corrected chi connectivity index (χ0v) is 28.0. The van der Waals surface area contributed by atoms with Crippen molar-refractivity contribution in [2.24, 2.45) is 15.5 Å². The molecule has 48 heavy (non-hydrogen) atoms. The summed E-state index contributed by atoms with van der Waals surface area (Å²) in [5.41, 5.74) is 2.97. The number of aliphatic hydroxyl groups is 1. The Morgan fingerprint density at radius 3 is 2.06 bits per heavy atom. The molecule has 0 unspecified atom stereocenters. The Balaban J connectivity index is 1.41. The Morgan fingerprint density at radius 2 is 1.54 bits per heavy atom. The summed E-state index contributed by atoms with van der Waals surface area (Å²) in [6.45, 7) is 9.38. The third-order valence-corrected chi connectivity index (χ3v) is 8.94. The SMILES string of the molecule is CCN(CCO)c1ccc(/N=C2/C(C(C)(C)C)=Nn3nc(-c4ccc(NC(=O)c5cc(S(=O)(=O)O)cc(S(=O)(=O)O)c5)cc4)nc32)cc1. The molecule has 5 rings (SSSR count). The van der Waals surface area contributed by atoms with Crippen LogP contribution in [0.5, 0.6) is 0 Å². The largest absolute Gasteiger partial charge is 0.395 e. The lowest BCUT2D eigenvalue weighted by atomic mass is 9.87. The van der Waals surface area contributed by atoms with Gasteiger partial charge in [-0.1, -0.05) is 20.8 Å². The van der Waals surface area contributed by atoms with Crippen molar-refractivity contribution in [3.05, 3.63) is 78.1 Å². The molecule has 1 aromatic heterocycles. The van der Waals surface area contributed by atoms with Crippen LogP contribution in [0.15, 0.2) is 86.6 Å². The lowest BCUT2D eigenvalue weighted by Gasteiger charge is -2.22. The number of aliphatic hydroxyl groups excluding tert-OH is 1. The van der Waals surface area contributed by atoms with Gasteiger partial charge in [-0.2, -0.15) is 21.9 Å². The highest BCUT2D eigenvalue weighted by Crippen LogP contribution is 2.30. The zero-order valence-electron chi connectivity index (χ0n) is 26.4. The predicted octanol–water partition coefficient (Wildman–Crippen LogP) is 3.89. The van der Waals surface area contributed by atoms with E-state index >= 15 is 0 Å². The van der Waals surface area contributed by atoms with Crippen molar-refractivity contribution in [1.29, 1.82) is 0 Å². The summed E-state index contributed by atoms with van der Waals surface area (Å²) in [5.74, 6) is -0.116. The van der Waals surface area contributed by atoms with E-state index in [1.54, 1.807) is 12.1 Å². The number of hydrogen-bond acceptors (Lipinski definition) is 11. The first kappa shape index (κ1) is 34.5. The quantitative estimate of drug-likeness (QED) is 0.175. The van der Waals surface area contributed by atoms with Gasteiger partial charge in [0.05, 0.1) is 27.8 Å². The van der Waals surface area contributed by atoms with E-state index in [1.807, 2.05) is 52.0 Å². The number of amides is 1. The molecule has 1 aliphatic rings. The first-order valence-electron chi connectivity index (χ1n) is 14.6. The van der Waals surface area contributed by atoms with Gasteiger partial charge in [0.1, 0.15) is 5.71 Å². The minimum Gasteiger partial charge on any atom is -0.395 e. The van der Waals surface area contributed by atoms with Crippen LogP contribution in [0.4, 0.5) is 17.1 Å². The summed E-state index contributed by atoms with van der Waals surface area (Å²) in [5, 5.41) is 21.1. The first-order chi connectivity index (χ1) is 22.5. The highest BCUT2D eigenvalue weighted by molar-refractivity contribution is 7.86. The number of aliphatic imine (C=N–C) groups is 1. The number of anilines is 2. The number of carbonyl (C=O) groups excluding carboxylic acids is 1. The number of nitrogens with one attached hydrogen (secondary N) is 1. The van der Waals surface area contributed by atoms with Crippen LogP contribution in [0.2, 0.25) is 0 Å². The van der Waals surface area contributed by atoms with Crippen LogP contribution >= 0.6 is 0 Å². The standard InChI is InChI=1S/C31H33N7O8S2/c1-5-37(14-15-39)23-12-10-21(11-13-23)32-26-27(31(2,3)4)35-38-29(26)34-28(36-38)19-6-8-22(9-7-19)33-30(40)20-16-24(47(41,42)43)18-25(17-20)48(44,45)46/h6-13,16-18,39H,5,14-15H2,1-4H3,(H,33,40)(H,41,42,43)(H,44,45,46)/b32-26-. The highest BCUT2D eigenvalue weighted by atomic mass is 32.2. The second-order valence-corrected chi connectivity index (χ2v) is 14.6. The van der Waals surface area contributed by atoms with Crippen molar-refractivity contribution >= 4 is 54.6 Å². The molecule has 0 saturated heterocycles. The third-order valence-electron chi connectivity index (χ3n) is 7.28. The van der Waals surface area contributed by atoms with E-state index in [1.165, 1.54) is 16.9 Å². The normalized spacial score (nSPS) is 14.1. The van der Waals surface area contributed by atoms with Gasteiger partial charge < -0.3 is 15.3 Å². The molecule has 0 atom stereocenters. The third kappa shape index (κ3) is 7.50. The van der Waals surface area contributed by atoms with E-state index < -0.39 is 41.5 Å². The van der Waals surface area contributed by atoms with E-state index in [-0.39, 0.29) is 17.7 Å². The van der Waals surface area contributed by atoms with Crippen LogP contribution < -0.4 is 10.2 Å². The molecular weight excluding hydrogens is 663 g/mol. The van der Waals surface area contributed by atoms with E-state index in [2.05, 4.69) is 20.4 Å². The topological polar surface area (TPSA) is 217 Å². The van der Waals surface area contributed by atoms with Gasteiger partial charge in [-0.15, -0.1) is 9.89 Å². The van der Waals surface area contributed by atoms with Gasteiger partial charge in [0.2, 0.25) is 5.82 Å². The van der Waals surface area contributed by atoms with E-state index in [0.717, 1.165) is 24.4 Å². The van der Waals surface area contributed by atoms with Crippen LogP contribution in [0.3, 0.4) is 0 Å². The van der Waals surface area contributed by atoms with E-state index in [9.17, 15) is 35.8 Å². The van der Waals surface area contributed by atoms with Crippen molar-refractivity contribution in [2.45, 2.75) is 37.5 Å². The van der Waals surface area contributed by atoms with Gasteiger partial charge in [-0.05, 0) is 73.7 Å². The van der Waals surface area contributed by atoms with Crippen molar-refractivity contribution in [2.75, 3.05) is 29.9 Å². The summed E-state index contributed by atoms with van der Waals surface area (Å²) in [4.78, 5) is 24.2. The smallest absolute Gasteiger partial charge is 0.294 e. The molecule has 0 saturated carbocycles. The molecule has 4 N–H and O–H groups in total. The van der Waals surface area contributed by atoms with Crippen molar-refractivity contribution in [1.82, 2.24) is 14.9 Å². The number of rotatable bonds is 10. The van der Waals surface area contributed by atoms with Crippen molar-refractivity contribution < 1.29 is 35.8 Å². The summed E-state index contributed by atoms with van der Waals surface area (Å²) >= 11 is 0. The molecule has 15 nitrogen and oxygen atoms in total. The molecule has 0 spiro atoms.